The van der Waals surface area contributed by atoms with E-state index in [1.807, 2.05) is 18.2 Å². The van der Waals surface area contributed by atoms with Crippen molar-refractivity contribution in [3.05, 3.63) is 43.0 Å². The maximum absolute atomic E-state index is 13.0. The molecule has 3 fully saturated rings. The lowest BCUT2D eigenvalue weighted by Crippen LogP contribution is -2.45. The first-order valence-electron chi connectivity index (χ1n) is 7.97. The van der Waals surface area contributed by atoms with Crippen LogP contribution in [0.1, 0.15) is 12.8 Å². The van der Waals surface area contributed by atoms with E-state index >= 15 is 0 Å². The number of benzene rings is 1. The summed E-state index contributed by atoms with van der Waals surface area (Å²) in [6.45, 7) is 4.38. The number of imide groups is 1. The monoisotopic (exact) mass is 313 g/mol. The van der Waals surface area contributed by atoms with Crippen LogP contribution in [0.4, 0.5) is 5.69 Å². The highest BCUT2D eigenvalue weighted by Crippen LogP contribution is 2.55. The number of anilines is 1. The number of ether oxygens (including phenoxy) is 2. The molecule has 4 unspecified atom stereocenters. The third-order valence-electron chi connectivity index (χ3n) is 5.15. The Morgan fingerprint density at radius 2 is 2.09 bits per heavy atom. The Bertz CT molecular complexity index is 658. The summed E-state index contributed by atoms with van der Waals surface area (Å²) in [6, 6.07) is 9.11. The number of hydrogen-bond acceptors (Lipinski definition) is 4. The number of carbonyl (C=O) groups is 2. The average Bonchev–Trinajstić information content (AvgIpc) is 3.19. The first-order chi connectivity index (χ1) is 11.2. The van der Waals surface area contributed by atoms with Gasteiger partial charge in [0.2, 0.25) is 11.8 Å². The smallest absolute Gasteiger partial charge is 0.240 e. The number of nitrogens with zero attached hydrogens (tertiary/aromatic N) is 1. The highest BCUT2D eigenvalue weighted by atomic mass is 16.6. The van der Waals surface area contributed by atoms with E-state index in [2.05, 4.69) is 6.58 Å². The van der Waals surface area contributed by atoms with Gasteiger partial charge in [-0.15, -0.1) is 6.58 Å². The Balaban J connectivity index is 1.66. The lowest BCUT2D eigenvalue weighted by Gasteiger charge is -2.30. The van der Waals surface area contributed by atoms with Gasteiger partial charge in [-0.25, -0.2) is 4.90 Å². The summed E-state index contributed by atoms with van der Waals surface area (Å²) in [5.41, 5.74) is -0.0207. The Kier molecular flexibility index (Phi) is 3.36. The third-order valence-corrected chi connectivity index (χ3v) is 5.15. The SMILES string of the molecule is C=CCOCC12CCC(O1)C1C(=O)N(c3ccccc3)C(=O)C12. The van der Waals surface area contributed by atoms with Crippen molar-refractivity contribution in [1.29, 1.82) is 0 Å². The van der Waals surface area contributed by atoms with E-state index in [4.69, 9.17) is 9.47 Å². The second kappa shape index (κ2) is 5.28. The normalized spacial score (nSPS) is 35.0. The molecule has 3 saturated heterocycles. The predicted octanol–water partition coefficient (Wildman–Crippen LogP) is 1.93. The van der Waals surface area contributed by atoms with Gasteiger partial charge >= 0.3 is 0 Å². The molecule has 23 heavy (non-hydrogen) atoms. The number of amides is 2. The van der Waals surface area contributed by atoms with Crippen LogP contribution in [0, 0.1) is 11.8 Å². The lowest BCUT2D eigenvalue weighted by molar-refractivity contribution is -0.131. The Morgan fingerprint density at radius 1 is 1.30 bits per heavy atom. The molecule has 4 rings (SSSR count). The topological polar surface area (TPSA) is 55.8 Å². The molecule has 0 aliphatic carbocycles. The van der Waals surface area contributed by atoms with Crippen LogP contribution in [0.15, 0.2) is 43.0 Å². The third kappa shape index (κ3) is 2.00. The van der Waals surface area contributed by atoms with E-state index in [1.165, 1.54) is 4.90 Å². The van der Waals surface area contributed by atoms with Crippen molar-refractivity contribution in [2.45, 2.75) is 24.5 Å². The zero-order valence-corrected chi connectivity index (χ0v) is 12.8. The average molecular weight is 313 g/mol. The van der Waals surface area contributed by atoms with Crippen LogP contribution in [0.3, 0.4) is 0 Å². The molecule has 2 amide bonds. The minimum absolute atomic E-state index is 0.138. The fraction of sp³-hybridized carbons (Fsp3) is 0.444. The molecule has 1 aromatic carbocycles. The Morgan fingerprint density at radius 3 is 2.83 bits per heavy atom. The molecule has 0 spiro atoms. The van der Waals surface area contributed by atoms with Gasteiger partial charge in [0.15, 0.2) is 0 Å². The van der Waals surface area contributed by atoms with E-state index < -0.39 is 11.5 Å². The minimum Gasteiger partial charge on any atom is -0.374 e. The van der Waals surface area contributed by atoms with Crippen molar-refractivity contribution in [3.63, 3.8) is 0 Å². The van der Waals surface area contributed by atoms with Gasteiger partial charge in [-0.1, -0.05) is 24.3 Å². The van der Waals surface area contributed by atoms with Gasteiger partial charge in [0.25, 0.3) is 0 Å². The number of para-hydroxylation sites is 1. The molecule has 120 valence electrons. The number of hydrogen-bond donors (Lipinski definition) is 0. The van der Waals surface area contributed by atoms with Crippen LogP contribution in [-0.2, 0) is 19.1 Å². The van der Waals surface area contributed by atoms with Gasteiger partial charge in [0.1, 0.15) is 5.60 Å². The molecule has 0 N–H and O–H groups in total. The summed E-state index contributed by atoms with van der Waals surface area (Å²) in [6.07, 6.45) is 3.07. The molecule has 1 aromatic rings. The molecule has 5 nitrogen and oxygen atoms in total. The molecule has 0 radical (unpaired) electrons. The molecular formula is C18H19NO4. The van der Waals surface area contributed by atoms with E-state index in [0.29, 0.717) is 18.9 Å². The van der Waals surface area contributed by atoms with E-state index in [9.17, 15) is 9.59 Å². The first kappa shape index (κ1) is 14.6. The number of carbonyl (C=O) groups excluding carboxylic acids is 2. The standard InChI is InChI=1S/C18H19NO4/c1-2-10-22-11-18-9-8-13(23-18)14-15(18)17(21)19(16(14)20)12-6-4-3-5-7-12/h2-7,13-15H,1,8-11H2. The van der Waals surface area contributed by atoms with Crippen LogP contribution >= 0.6 is 0 Å². The van der Waals surface area contributed by atoms with Crippen LogP contribution in [-0.4, -0.2) is 36.7 Å². The Hall–Kier alpha value is -1.98. The quantitative estimate of drug-likeness (QED) is 0.473. The van der Waals surface area contributed by atoms with Crippen LogP contribution in [0.2, 0.25) is 0 Å². The van der Waals surface area contributed by atoms with Crippen molar-refractivity contribution in [2.24, 2.45) is 11.8 Å². The molecule has 3 aliphatic heterocycles. The van der Waals surface area contributed by atoms with Crippen molar-refractivity contribution >= 4 is 17.5 Å². The molecule has 2 bridgehead atoms. The fourth-order valence-corrected chi connectivity index (χ4v) is 4.25. The van der Waals surface area contributed by atoms with E-state index in [1.54, 1.807) is 18.2 Å². The summed E-state index contributed by atoms with van der Waals surface area (Å²) < 4.78 is 11.7. The van der Waals surface area contributed by atoms with Crippen LogP contribution in [0.5, 0.6) is 0 Å². The van der Waals surface area contributed by atoms with Crippen molar-refractivity contribution < 1.29 is 19.1 Å². The number of fused-ring (bicyclic) bond motifs is 5. The lowest BCUT2D eigenvalue weighted by atomic mass is 9.73. The van der Waals surface area contributed by atoms with Gasteiger partial charge in [0.05, 0.1) is 36.8 Å². The molecular weight excluding hydrogens is 294 g/mol. The van der Waals surface area contributed by atoms with Crippen molar-refractivity contribution in [2.75, 3.05) is 18.1 Å². The summed E-state index contributed by atoms with van der Waals surface area (Å²) in [5, 5.41) is 0. The van der Waals surface area contributed by atoms with Crippen LogP contribution < -0.4 is 4.90 Å². The highest BCUT2D eigenvalue weighted by Gasteiger charge is 2.69. The molecule has 0 aromatic heterocycles. The van der Waals surface area contributed by atoms with Crippen molar-refractivity contribution in [1.82, 2.24) is 0 Å². The molecule has 4 atom stereocenters. The summed E-state index contributed by atoms with van der Waals surface area (Å²) in [5.74, 6) is -1.10. The molecule has 3 aliphatic rings. The fourth-order valence-electron chi connectivity index (χ4n) is 4.25. The Labute approximate surface area is 134 Å². The minimum atomic E-state index is -0.658. The predicted molar refractivity (Wildman–Crippen MR) is 83.8 cm³/mol. The molecule has 0 saturated carbocycles. The summed E-state index contributed by atoms with van der Waals surface area (Å²) in [4.78, 5) is 27.1. The largest absolute Gasteiger partial charge is 0.374 e. The van der Waals surface area contributed by atoms with E-state index in [0.717, 1.165) is 12.8 Å². The number of rotatable bonds is 5. The maximum atomic E-state index is 13.0. The van der Waals surface area contributed by atoms with Gasteiger partial charge in [0, 0.05) is 0 Å². The second-order valence-corrected chi connectivity index (χ2v) is 6.41. The highest BCUT2D eigenvalue weighted by molar-refractivity contribution is 6.23. The van der Waals surface area contributed by atoms with Gasteiger partial charge in [-0.05, 0) is 25.0 Å². The zero-order chi connectivity index (χ0) is 16.0. The summed E-state index contributed by atoms with van der Waals surface area (Å²) >= 11 is 0. The summed E-state index contributed by atoms with van der Waals surface area (Å²) in [7, 11) is 0. The molecule has 5 heteroatoms. The van der Waals surface area contributed by atoms with Gasteiger partial charge < -0.3 is 9.47 Å². The second-order valence-electron chi connectivity index (χ2n) is 6.41. The maximum Gasteiger partial charge on any atom is 0.240 e. The van der Waals surface area contributed by atoms with Gasteiger partial charge in [-0.2, -0.15) is 0 Å². The zero-order valence-electron chi connectivity index (χ0n) is 12.8. The van der Waals surface area contributed by atoms with Crippen LogP contribution in [0.25, 0.3) is 0 Å². The van der Waals surface area contributed by atoms with Crippen molar-refractivity contribution in [3.8, 4) is 0 Å². The van der Waals surface area contributed by atoms with Gasteiger partial charge in [-0.3, -0.25) is 9.59 Å². The molecule has 3 heterocycles. The van der Waals surface area contributed by atoms with E-state index in [-0.39, 0.29) is 23.8 Å². The first-order valence-corrected chi connectivity index (χ1v) is 7.97.